The van der Waals surface area contributed by atoms with E-state index in [1.165, 1.54) is 0 Å². The van der Waals surface area contributed by atoms with Gasteiger partial charge in [0.2, 0.25) is 5.91 Å². The first-order chi connectivity index (χ1) is 10.0. The number of rotatable bonds is 5. The quantitative estimate of drug-likeness (QED) is 0.765. The Balaban J connectivity index is 2.02. The standard InChI is InChI=1S/C15H22N4O2/c1-10(2)13(9-16)14(20)18-11-3-5-12(6-4-11)19-8-7-17-15(19)21/h3-6,10,13H,7-9,16H2,1-2H3,(H,17,21)(H,18,20). The first-order valence-electron chi connectivity index (χ1n) is 7.19. The lowest BCUT2D eigenvalue weighted by Crippen LogP contribution is -2.33. The molecule has 1 saturated heterocycles. The molecule has 0 aromatic heterocycles. The van der Waals surface area contributed by atoms with E-state index in [-0.39, 0.29) is 23.8 Å². The minimum Gasteiger partial charge on any atom is -0.336 e. The van der Waals surface area contributed by atoms with Crippen molar-refractivity contribution >= 4 is 23.3 Å². The second kappa shape index (κ2) is 6.58. The number of carbonyl (C=O) groups excluding carboxylic acids is 2. The molecule has 114 valence electrons. The highest BCUT2D eigenvalue weighted by Crippen LogP contribution is 2.20. The van der Waals surface area contributed by atoms with Crippen LogP contribution in [0.3, 0.4) is 0 Å². The molecule has 1 fully saturated rings. The van der Waals surface area contributed by atoms with Gasteiger partial charge in [-0.05, 0) is 30.2 Å². The van der Waals surface area contributed by atoms with E-state index < -0.39 is 0 Å². The third kappa shape index (κ3) is 3.52. The number of nitrogens with zero attached hydrogens (tertiary/aromatic N) is 1. The molecule has 1 aromatic carbocycles. The van der Waals surface area contributed by atoms with Gasteiger partial charge in [0.05, 0.1) is 5.92 Å². The number of hydrogen-bond acceptors (Lipinski definition) is 3. The molecule has 6 heteroatoms. The predicted molar refractivity (Wildman–Crippen MR) is 83.2 cm³/mol. The Labute approximate surface area is 124 Å². The summed E-state index contributed by atoms with van der Waals surface area (Å²) in [6.07, 6.45) is 0. The Bertz CT molecular complexity index is 513. The molecular formula is C15H22N4O2. The van der Waals surface area contributed by atoms with Crippen LogP contribution in [0.1, 0.15) is 13.8 Å². The molecule has 21 heavy (non-hydrogen) atoms. The van der Waals surface area contributed by atoms with Crippen LogP contribution in [0.4, 0.5) is 16.2 Å². The lowest BCUT2D eigenvalue weighted by molar-refractivity contribution is -0.120. The summed E-state index contributed by atoms with van der Waals surface area (Å²) in [4.78, 5) is 25.4. The summed E-state index contributed by atoms with van der Waals surface area (Å²) < 4.78 is 0. The highest BCUT2D eigenvalue weighted by atomic mass is 16.2. The first kappa shape index (κ1) is 15.3. The van der Waals surface area contributed by atoms with Crippen molar-refractivity contribution in [3.05, 3.63) is 24.3 Å². The van der Waals surface area contributed by atoms with Crippen molar-refractivity contribution < 1.29 is 9.59 Å². The van der Waals surface area contributed by atoms with Gasteiger partial charge in [-0.15, -0.1) is 0 Å². The van der Waals surface area contributed by atoms with Gasteiger partial charge in [-0.3, -0.25) is 9.69 Å². The minimum absolute atomic E-state index is 0.0702. The summed E-state index contributed by atoms with van der Waals surface area (Å²) >= 11 is 0. The number of carbonyl (C=O) groups is 2. The first-order valence-corrected chi connectivity index (χ1v) is 7.19. The van der Waals surface area contributed by atoms with E-state index >= 15 is 0 Å². The molecule has 1 aliphatic rings. The van der Waals surface area contributed by atoms with E-state index in [1.54, 1.807) is 17.0 Å². The molecule has 1 aliphatic heterocycles. The van der Waals surface area contributed by atoms with Crippen LogP contribution in [-0.2, 0) is 4.79 Å². The van der Waals surface area contributed by atoms with Gasteiger partial charge in [-0.2, -0.15) is 0 Å². The van der Waals surface area contributed by atoms with E-state index in [9.17, 15) is 9.59 Å². The van der Waals surface area contributed by atoms with Crippen molar-refractivity contribution in [3.8, 4) is 0 Å². The van der Waals surface area contributed by atoms with Crippen molar-refractivity contribution in [2.45, 2.75) is 13.8 Å². The third-order valence-corrected chi connectivity index (χ3v) is 3.70. The number of anilines is 2. The fourth-order valence-corrected chi connectivity index (χ4v) is 2.36. The molecule has 1 heterocycles. The molecule has 2 rings (SSSR count). The molecule has 0 aliphatic carbocycles. The van der Waals surface area contributed by atoms with Crippen LogP contribution in [0, 0.1) is 11.8 Å². The number of hydrogen-bond donors (Lipinski definition) is 3. The van der Waals surface area contributed by atoms with E-state index in [4.69, 9.17) is 5.73 Å². The highest BCUT2D eigenvalue weighted by molar-refractivity contribution is 5.95. The zero-order valence-electron chi connectivity index (χ0n) is 12.4. The second-order valence-corrected chi connectivity index (χ2v) is 5.51. The number of benzene rings is 1. The molecular weight excluding hydrogens is 268 g/mol. The third-order valence-electron chi connectivity index (χ3n) is 3.70. The van der Waals surface area contributed by atoms with Crippen molar-refractivity contribution in [2.24, 2.45) is 17.6 Å². The number of urea groups is 1. The maximum absolute atomic E-state index is 12.1. The predicted octanol–water partition coefficient (Wildman–Crippen LogP) is 1.39. The molecule has 0 radical (unpaired) electrons. The van der Waals surface area contributed by atoms with Crippen molar-refractivity contribution in [3.63, 3.8) is 0 Å². The Kier molecular flexibility index (Phi) is 4.80. The van der Waals surface area contributed by atoms with Crippen LogP contribution in [0.25, 0.3) is 0 Å². The number of nitrogens with two attached hydrogens (primary N) is 1. The lowest BCUT2D eigenvalue weighted by Gasteiger charge is -2.19. The van der Waals surface area contributed by atoms with Crippen molar-refractivity contribution in [1.29, 1.82) is 0 Å². The van der Waals surface area contributed by atoms with E-state index in [2.05, 4.69) is 10.6 Å². The monoisotopic (exact) mass is 290 g/mol. The maximum Gasteiger partial charge on any atom is 0.321 e. The molecule has 1 atom stereocenters. The SMILES string of the molecule is CC(C)C(CN)C(=O)Nc1ccc(N2CCNC2=O)cc1. The maximum atomic E-state index is 12.1. The summed E-state index contributed by atoms with van der Waals surface area (Å²) in [5.41, 5.74) is 7.17. The molecule has 1 unspecified atom stereocenters. The van der Waals surface area contributed by atoms with Crippen LogP contribution >= 0.6 is 0 Å². The van der Waals surface area contributed by atoms with Crippen LogP contribution in [-0.4, -0.2) is 31.6 Å². The highest BCUT2D eigenvalue weighted by Gasteiger charge is 2.22. The zero-order valence-corrected chi connectivity index (χ0v) is 12.4. The van der Waals surface area contributed by atoms with Crippen LogP contribution in [0.2, 0.25) is 0 Å². The molecule has 3 amide bonds. The smallest absolute Gasteiger partial charge is 0.321 e. The molecule has 4 N–H and O–H groups in total. The van der Waals surface area contributed by atoms with Gasteiger partial charge in [0.1, 0.15) is 0 Å². The fourth-order valence-electron chi connectivity index (χ4n) is 2.36. The van der Waals surface area contributed by atoms with Crippen LogP contribution in [0.15, 0.2) is 24.3 Å². The second-order valence-electron chi connectivity index (χ2n) is 5.51. The Morgan fingerprint density at radius 2 is 2.05 bits per heavy atom. The molecule has 6 nitrogen and oxygen atoms in total. The lowest BCUT2D eigenvalue weighted by atomic mass is 9.95. The minimum atomic E-state index is -0.200. The zero-order chi connectivity index (χ0) is 15.4. The molecule has 0 spiro atoms. The largest absolute Gasteiger partial charge is 0.336 e. The van der Waals surface area contributed by atoms with Gasteiger partial charge in [0.15, 0.2) is 0 Å². The van der Waals surface area contributed by atoms with Crippen molar-refractivity contribution in [1.82, 2.24) is 5.32 Å². The summed E-state index contributed by atoms with van der Waals surface area (Å²) in [7, 11) is 0. The van der Waals surface area contributed by atoms with E-state index in [1.807, 2.05) is 26.0 Å². The van der Waals surface area contributed by atoms with Gasteiger partial charge in [0, 0.05) is 31.0 Å². The normalized spacial score (nSPS) is 16.0. The Hall–Kier alpha value is -2.08. The Morgan fingerprint density at radius 3 is 2.52 bits per heavy atom. The average Bonchev–Trinajstić information content (AvgIpc) is 2.86. The number of nitrogens with one attached hydrogen (secondary N) is 2. The summed E-state index contributed by atoms with van der Waals surface area (Å²) in [6.45, 7) is 5.60. The summed E-state index contributed by atoms with van der Waals surface area (Å²) in [5, 5.41) is 5.62. The van der Waals surface area contributed by atoms with Gasteiger partial charge in [-0.25, -0.2) is 4.79 Å². The van der Waals surface area contributed by atoms with E-state index in [0.29, 0.717) is 25.3 Å². The average molecular weight is 290 g/mol. The van der Waals surface area contributed by atoms with E-state index in [0.717, 1.165) is 5.69 Å². The van der Waals surface area contributed by atoms with Gasteiger partial charge in [-0.1, -0.05) is 13.8 Å². The van der Waals surface area contributed by atoms with Crippen molar-refractivity contribution in [2.75, 3.05) is 29.9 Å². The molecule has 0 saturated carbocycles. The summed E-state index contributed by atoms with van der Waals surface area (Å²) in [6, 6.07) is 7.16. The topological polar surface area (TPSA) is 87.5 Å². The number of amides is 3. The fraction of sp³-hybridized carbons (Fsp3) is 0.467. The van der Waals surface area contributed by atoms with Gasteiger partial charge in [0.25, 0.3) is 0 Å². The van der Waals surface area contributed by atoms with Gasteiger partial charge >= 0.3 is 6.03 Å². The summed E-state index contributed by atoms with van der Waals surface area (Å²) in [5.74, 6) is -0.0734. The van der Waals surface area contributed by atoms with Gasteiger partial charge < -0.3 is 16.4 Å². The van der Waals surface area contributed by atoms with Crippen LogP contribution in [0.5, 0.6) is 0 Å². The van der Waals surface area contributed by atoms with Crippen LogP contribution < -0.4 is 21.3 Å². The molecule has 1 aromatic rings. The Morgan fingerprint density at radius 1 is 1.38 bits per heavy atom. The molecule has 0 bridgehead atoms.